The van der Waals surface area contributed by atoms with Gasteiger partial charge in [-0.1, -0.05) is 30.3 Å². The van der Waals surface area contributed by atoms with Crippen molar-refractivity contribution in [2.24, 2.45) is 5.73 Å². The van der Waals surface area contributed by atoms with Crippen LogP contribution in [0.5, 0.6) is 5.75 Å². The summed E-state index contributed by atoms with van der Waals surface area (Å²) in [5, 5.41) is 19.7. The molecule has 3 N–H and O–H groups in total. The maximum absolute atomic E-state index is 13.8. The molecule has 0 aliphatic carbocycles. The lowest BCUT2D eigenvalue weighted by Crippen LogP contribution is -2.49. The highest BCUT2D eigenvalue weighted by atomic mass is 16.5. The Morgan fingerprint density at radius 2 is 1.87 bits per heavy atom. The van der Waals surface area contributed by atoms with Crippen LogP contribution < -0.4 is 21.0 Å². The van der Waals surface area contributed by atoms with Crippen LogP contribution in [0.1, 0.15) is 11.1 Å². The van der Waals surface area contributed by atoms with Crippen molar-refractivity contribution in [2.45, 2.75) is 5.41 Å². The Labute approximate surface area is 174 Å². The number of hydrogen-bond donors (Lipinski definition) is 2. The Morgan fingerprint density at radius 3 is 2.61 bits per heavy atom. The summed E-state index contributed by atoms with van der Waals surface area (Å²) in [7, 11) is 0. The van der Waals surface area contributed by atoms with E-state index in [0.717, 1.165) is 4.90 Å². The number of rotatable bonds is 2. The summed E-state index contributed by atoms with van der Waals surface area (Å²) in [6, 6.07) is 14.8. The number of carboxylic acids is 1. The maximum Gasteiger partial charge on any atom is 0.345 e. The second-order valence-corrected chi connectivity index (χ2v) is 7.10. The molecule has 1 amide bonds. The second kappa shape index (κ2) is 6.21. The first-order chi connectivity index (χ1) is 14.9. The van der Waals surface area contributed by atoms with Crippen molar-refractivity contribution in [3.8, 4) is 11.8 Å². The number of aliphatic carboxylic acids is 1. The molecule has 0 saturated carbocycles. The summed E-state index contributed by atoms with van der Waals surface area (Å²) in [6.45, 7) is -0.661. The van der Waals surface area contributed by atoms with Crippen molar-refractivity contribution < 1.29 is 23.8 Å². The van der Waals surface area contributed by atoms with Crippen LogP contribution in [0.3, 0.4) is 0 Å². The highest BCUT2D eigenvalue weighted by Crippen LogP contribution is 2.55. The zero-order chi connectivity index (χ0) is 21.9. The van der Waals surface area contributed by atoms with Crippen molar-refractivity contribution in [3.63, 3.8) is 0 Å². The van der Waals surface area contributed by atoms with Gasteiger partial charge in [-0.25, -0.2) is 4.79 Å². The van der Waals surface area contributed by atoms with E-state index in [1.54, 1.807) is 48.5 Å². The zero-order valence-electron chi connectivity index (χ0n) is 15.8. The fourth-order valence-corrected chi connectivity index (χ4v) is 4.39. The summed E-state index contributed by atoms with van der Waals surface area (Å²) in [6.07, 6.45) is 0. The second-order valence-electron chi connectivity index (χ2n) is 7.10. The SMILES string of the molecule is N#CC1=C(N)Oc2c(c(=O)oc3ccccc23)[C@]12C(=O)N(CC(=O)O)c1ccccc12. The van der Waals surface area contributed by atoms with Crippen molar-refractivity contribution in [1.29, 1.82) is 5.26 Å². The van der Waals surface area contributed by atoms with Gasteiger partial charge in [-0.15, -0.1) is 0 Å². The van der Waals surface area contributed by atoms with E-state index in [1.807, 2.05) is 6.07 Å². The van der Waals surface area contributed by atoms with E-state index in [0.29, 0.717) is 5.39 Å². The average Bonchev–Trinajstić information content (AvgIpc) is 2.97. The zero-order valence-corrected chi connectivity index (χ0v) is 15.8. The van der Waals surface area contributed by atoms with Gasteiger partial charge in [0.25, 0.3) is 0 Å². The molecule has 2 aliphatic rings. The first-order valence-corrected chi connectivity index (χ1v) is 9.19. The fraction of sp³-hybridized carbons (Fsp3) is 0.0909. The minimum atomic E-state index is -1.98. The summed E-state index contributed by atoms with van der Waals surface area (Å²) in [5.74, 6) is -2.38. The summed E-state index contributed by atoms with van der Waals surface area (Å²) in [4.78, 5) is 39.5. The normalized spacial score (nSPS) is 19.2. The molecule has 9 nitrogen and oxygen atoms in total. The summed E-state index contributed by atoms with van der Waals surface area (Å²) in [5.41, 5.74) is 3.45. The van der Waals surface area contributed by atoms with Gasteiger partial charge in [0.05, 0.1) is 5.39 Å². The number of amides is 1. The third-order valence-corrected chi connectivity index (χ3v) is 5.54. The highest BCUT2D eigenvalue weighted by Gasteiger charge is 2.61. The van der Waals surface area contributed by atoms with Crippen molar-refractivity contribution in [2.75, 3.05) is 11.4 Å². The number of hydrogen-bond acceptors (Lipinski definition) is 7. The molecule has 3 aromatic rings. The van der Waals surface area contributed by atoms with Gasteiger partial charge < -0.3 is 20.0 Å². The molecule has 1 atom stereocenters. The van der Waals surface area contributed by atoms with Crippen LogP contribution in [0.2, 0.25) is 0 Å². The Morgan fingerprint density at radius 1 is 1.16 bits per heavy atom. The van der Waals surface area contributed by atoms with Crippen molar-refractivity contribution in [1.82, 2.24) is 0 Å². The van der Waals surface area contributed by atoms with E-state index in [-0.39, 0.29) is 39.6 Å². The van der Waals surface area contributed by atoms with Gasteiger partial charge in [0.2, 0.25) is 11.8 Å². The number of carbonyl (C=O) groups excluding carboxylic acids is 1. The Hall–Kier alpha value is -4.58. The lowest BCUT2D eigenvalue weighted by atomic mass is 9.69. The van der Waals surface area contributed by atoms with E-state index in [2.05, 4.69) is 0 Å². The minimum Gasteiger partial charge on any atom is -0.480 e. The number of nitrogens with zero attached hydrogens (tertiary/aromatic N) is 2. The molecule has 0 unspecified atom stereocenters. The number of carboxylic acid groups (broad SMARTS) is 1. The quantitative estimate of drug-likeness (QED) is 0.600. The Kier molecular flexibility index (Phi) is 3.69. The van der Waals surface area contributed by atoms with Crippen LogP contribution in [0.15, 0.2) is 69.2 Å². The van der Waals surface area contributed by atoms with Crippen LogP contribution in [0, 0.1) is 11.3 Å². The predicted octanol–water partition coefficient (Wildman–Crippen LogP) is 1.60. The maximum atomic E-state index is 13.8. The van der Waals surface area contributed by atoms with Crippen LogP contribution in [-0.2, 0) is 15.0 Å². The Bertz CT molecular complexity index is 1450. The molecule has 0 fully saturated rings. The van der Waals surface area contributed by atoms with Gasteiger partial charge in [-0.2, -0.15) is 5.26 Å². The van der Waals surface area contributed by atoms with E-state index < -0.39 is 29.5 Å². The topological polar surface area (TPSA) is 147 Å². The van der Waals surface area contributed by atoms with Crippen LogP contribution in [0.25, 0.3) is 11.0 Å². The Balaban J connectivity index is 1.97. The number of para-hydroxylation sites is 2. The van der Waals surface area contributed by atoms with E-state index >= 15 is 0 Å². The molecule has 152 valence electrons. The van der Waals surface area contributed by atoms with Gasteiger partial charge >= 0.3 is 11.6 Å². The van der Waals surface area contributed by atoms with Gasteiger partial charge in [0.1, 0.15) is 29.3 Å². The largest absolute Gasteiger partial charge is 0.480 e. The van der Waals surface area contributed by atoms with Gasteiger partial charge in [0.15, 0.2) is 11.2 Å². The molecular weight excluding hydrogens is 402 g/mol. The molecular formula is C22H13N3O6. The summed E-state index contributed by atoms with van der Waals surface area (Å²) < 4.78 is 11.1. The number of carbonyl (C=O) groups is 2. The first kappa shape index (κ1) is 18.4. The lowest BCUT2D eigenvalue weighted by molar-refractivity contribution is -0.136. The molecule has 0 saturated heterocycles. The molecule has 31 heavy (non-hydrogen) atoms. The monoisotopic (exact) mass is 415 g/mol. The number of ether oxygens (including phenoxy) is 1. The first-order valence-electron chi connectivity index (χ1n) is 9.19. The molecule has 0 bridgehead atoms. The lowest BCUT2D eigenvalue weighted by Gasteiger charge is -2.33. The van der Waals surface area contributed by atoms with Gasteiger partial charge in [-0.3, -0.25) is 14.5 Å². The van der Waals surface area contributed by atoms with Crippen LogP contribution >= 0.6 is 0 Å². The van der Waals surface area contributed by atoms with Gasteiger partial charge in [0, 0.05) is 11.3 Å². The number of benzene rings is 2. The van der Waals surface area contributed by atoms with E-state index in [4.69, 9.17) is 14.9 Å². The molecule has 1 aromatic heterocycles. The number of fused-ring (bicyclic) bond motifs is 6. The molecule has 2 aliphatic heterocycles. The summed E-state index contributed by atoms with van der Waals surface area (Å²) >= 11 is 0. The number of nitrogens with two attached hydrogens (primary N) is 1. The number of anilines is 1. The molecule has 1 spiro atoms. The van der Waals surface area contributed by atoms with E-state index in [9.17, 15) is 24.8 Å². The van der Waals surface area contributed by atoms with Crippen LogP contribution in [-0.4, -0.2) is 23.5 Å². The third kappa shape index (κ3) is 2.21. The molecule has 5 rings (SSSR count). The highest BCUT2D eigenvalue weighted by molar-refractivity contribution is 6.16. The average molecular weight is 415 g/mol. The molecule has 2 aromatic carbocycles. The van der Waals surface area contributed by atoms with Crippen LogP contribution in [0.4, 0.5) is 5.69 Å². The predicted molar refractivity (Wildman–Crippen MR) is 107 cm³/mol. The van der Waals surface area contributed by atoms with Gasteiger partial charge in [-0.05, 0) is 18.2 Å². The van der Waals surface area contributed by atoms with Crippen molar-refractivity contribution in [3.05, 3.63) is 81.5 Å². The third-order valence-electron chi connectivity index (χ3n) is 5.54. The molecule has 0 radical (unpaired) electrons. The minimum absolute atomic E-state index is 0.00341. The number of nitriles is 1. The fourth-order valence-electron chi connectivity index (χ4n) is 4.39. The standard InChI is InChI=1S/C22H13N3O6/c23-9-13-19(24)31-18-11-5-1-4-8-15(11)30-20(28)17(18)22(13)12-6-2-3-7-14(12)25(21(22)29)10-16(26)27/h1-8H,10,24H2,(H,26,27)/t22-/m1/s1. The molecule has 9 heteroatoms. The smallest absolute Gasteiger partial charge is 0.345 e. The van der Waals surface area contributed by atoms with Crippen molar-refractivity contribution >= 4 is 28.5 Å². The molecule has 3 heterocycles. The van der Waals surface area contributed by atoms with E-state index in [1.165, 1.54) is 0 Å².